The number of rotatable bonds is 14. The molecule has 156 valence electrons. The van der Waals surface area contributed by atoms with Gasteiger partial charge in [-0.05, 0) is 44.2 Å². The number of alkyl carbamates (subject to hydrolysis) is 1. The maximum absolute atomic E-state index is 11.8. The van der Waals surface area contributed by atoms with Crippen LogP contribution < -0.4 is 16.4 Å². The lowest BCUT2D eigenvalue weighted by atomic mass is 10.1. The number of nitrogens with two attached hydrogens (primary N) is 1. The Morgan fingerprint density at radius 2 is 1.79 bits per heavy atom. The molecule has 0 bridgehead atoms. The molecule has 8 nitrogen and oxygen atoms in total. The van der Waals surface area contributed by atoms with Crippen molar-refractivity contribution in [2.45, 2.75) is 57.6 Å². The summed E-state index contributed by atoms with van der Waals surface area (Å²) >= 11 is 0. The lowest BCUT2D eigenvalue weighted by Gasteiger charge is -2.14. The van der Waals surface area contributed by atoms with E-state index < -0.39 is 18.1 Å². The number of hydrogen-bond donors (Lipinski definition) is 4. The molecule has 8 heteroatoms. The zero-order valence-corrected chi connectivity index (χ0v) is 16.2. The topological polar surface area (TPSA) is 131 Å². The molecule has 0 saturated carbocycles. The van der Waals surface area contributed by atoms with Gasteiger partial charge in [0.15, 0.2) is 0 Å². The molecule has 28 heavy (non-hydrogen) atoms. The number of ether oxygens (including phenoxy) is 1. The summed E-state index contributed by atoms with van der Waals surface area (Å²) in [6.45, 7) is 1.17. The van der Waals surface area contributed by atoms with E-state index in [-0.39, 0.29) is 12.5 Å². The number of amides is 2. The van der Waals surface area contributed by atoms with Gasteiger partial charge in [0.25, 0.3) is 0 Å². The van der Waals surface area contributed by atoms with Crippen molar-refractivity contribution in [3.8, 4) is 0 Å². The van der Waals surface area contributed by atoms with Crippen molar-refractivity contribution in [1.29, 1.82) is 0 Å². The van der Waals surface area contributed by atoms with Crippen molar-refractivity contribution >= 4 is 18.0 Å². The summed E-state index contributed by atoms with van der Waals surface area (Å²) < 4.78 is 5.09. The second-order valence-electron chi connectivity index (χ2n) is 6.54. The van der Waals surface area contributed by atoms with E-state index in [1.807, 2.05) is 30.3 Å². The molecule has 1 aromatic carbocycles. The van der Waals surface area contributed by atoms with Gasteiger partial charge in [0.1, 0.15) is 12.6 Å². The molecule has 0 spiro atoms. The first-order chi connectivity index (χ1) is 13.5. The van der Waals surface area contributed by atoms with Crippen LogP contribution in [-0.4, -0.2) is 42.2 Å². The van der Waals surface area contributed by atoms with Crippen molar-refractivity contribution < 1.29 is 24.2 Å². The normalized spacial score (nSPS) is 11.5. The van der Waals surface area contributed by atoms with Crippen LogP contribution >= 0.6 is 0 Å². The van der Waals surface area contributed by atoms with E-state index in [2.05, 4.69) is 10.6 Å². The molecule has 0 saturated heterocycles. The Morgan fingerprint density at radius 1 is 1.04 bits per heavy atom. The van der Waals surface area contributed by atoms with E-state index in [0.29, 0.717) is 45.2 Å². The highest BCUT2D eigenvalue weighted by atomic mass is 16.5. The van der Waals surface area contributed by atoms with E-state index in [9.17, 15) is 19.5 Å². The first kappa shape index (κ1) is 23.4. The fraction of sp³-hybridized carbons (Fsp3) is 0.550. The zero-order chi connectivity index (χ0) is 20.6. The SMILES string of the molecule is NCCCCCC(=O)N[C@@H](CCCCNC(=O)OCc1ccccc1)C(=O)O. The van der Waals surface area contributed by atoms with Crippen LogP contribution in [0.15, 0.2) is 30.3 Å². The van der Waals surface area contributed by atoms with E-state index >= 15 is 0 Å². The summed E-state index contributed by atoms with van der Waals surface area (Å²) in [5, 5.41) is 14.4. The predicted molar refractivity (Wildman–Crippen MR) is 106 cm³/mol. The Bertz CT molecular complexity index is 595. The molecular weight excluding hydrogens is 362 g/mol. The largest absolute Gasteiger partial charge is 0.480 e. The van der Waals surface area contributed by atoms with Gasteiger partial charge in [-0.2, -0.15) is 0 Å². The molecule has 0 radical (unpaired) electrons. The summed E-state index contributed by atoms with van der Waals surface area (Å²) in [6.07, 6.45) is 3.67. The van der Waals surface area contributed by atoms with Crippen LogP contribution in [0.1, 0.15) is 50.5 Å². The first-order valence-electron chi connectivity index (χ1n) is 9.69. The molecule has 1 atom stereocenters. The van der Waals surface area contributed by atoms with Gasteiger partial charge in [0.05, 0.1) is 0 Å². The van der Waals surface area contributed by atoms with Crippen LogP contribution in [0.2, 0.25) is 0 Å². The summed E-state index contributed by atoms with van der Waals surface area (Å²) in [5.41, 5.74) is 6.30. The van der Waals surface area contributed by atoms with Gasteiger partial charge in [-0.3, -0.25) is 4.79 Å². The highest BCUT2D eigenvalue weighted by Gasteiger charge is 2.19. The molecular formula is C20H31N3O5. The number of benzene rings is 1. The third-order valence-corrected chi connectivity index (χ3v) is 4.14. The molecule has 0 aliphatic heterocycles. The quantitative estimate of drug-likeness (QED) is 0.358. The van der Waals surface area contributed by atoms with Gasteiger partial charge >= 0.3 is 12.1 Å². The lowest BCUT2D eigenvalue weighted by molar-refractivity contribution is -0.142. The minimum atomic E-state index is -1.05. The smallest absolute Gasteiger partial charge is 0.407 e. The van der Waals surface area contributed by atoms with Gasteiger partial charge in [-0.25, -0.2) is 9.59 Å². The third-order valence-electron chi connectivity index (χ3n) is 4.14. The molecule has 2 amide bonds. The average Bonchev–Trinajstić information content (AvgIpc) is 2.69. The van der Waals surface area contributed by atoms with E-state index in [4.69, 9.17) is 10.5 Å². The van der Waals surface area contributed by atoms with Crippen LogP contribution in [0.3, 0.4) is 0 Å². The zero-order valence-electron chi connectivity index (χ0n) is 16.2. The minimum Gasteiger partial charge on any atom is -0.480 e. The summed E-state index contributed by atoms with van der Waals surface area (Å²) in [4.78, 5) is 34.7. The Morgan fingerprint density at radius 3 is 2.46 bits per heavy atom. The fourth-order valence-corrected chi connectivity index (χ4v) is 2.57. The predicted octanol–water partition coefficient (Wildman–Crippen LogP) is 2.17. The van der Waals surface area contributed by atoms with Gasteiger partial charge < -0.3 is 26.2 Å². The summed E-state index contributed by atoms with van der Waals surface area (Å²) in [5.74, 6) is -1.31. The second-order valence-corrected chi connectivity index (χ2v) is 6.54. The van der Waals surface area contributed by atoms with E-state index in [0.717, 1.165) is 18.4 Å². The number of carboxylic acids is 1. The van der Waals surface area contributed by atoms with E-state index in [1.54, 1.807) is 0 Å². The number of unbranched alkanes of at least 4 members (excludes halogenated alkanes) is 3. The summed E-state index contributed by atoms with van der Waals surface area (Å²) in [7, 11) is 0. The monoisotopic (exact) mass is 393 g/mol. The van der Waals surface area contributed by atoms with Crippen LogP contribution in [0.5, 0.6) is 0 Å². The molecule has 1 aromatic rings. The fourth-order valence-electron chi connectivity index (χ4n) is 2.57. The highest BCUT2D eigenvalue weighted by Crippen LogP contribution is 2.04. The molecule has 0 fully saturated rings. The van der Waals surface area contributed by atoms with Crippen LogP contribution in [0.25, 0.3) is 0 Å². The molecule has 1 rings (SSSR count). The number of carbonyl (C=O) groups is 3. The Labute approximate surface area is 165 Å². The number of aliphatic carboxylic acids is 1. The highest BCUT2D eigenvalue weighted by molar-refractivity contribution is 5.83. The van der Waals surface area contributed by atoms with Crippen LogP contribution in [-0.2, 0) is 20.9 Å². The molecule has 5 N–H and O–H groups in total. The number of carbonyl (C=O) groups excluding carboxylic acids is 2. The molecule has 0 aromatic heterocycles. The number of hydrogen-bond acceptors (Lipinski definition) is 5. The Kier molecular flexibility index (Phi) is 12.1. The Hall–Kier alpha value is -2.61. The maximum atomic E-state index is 11.8. The summed E-state index contributed by atoms with van der Waals surface area (Å²) in [6, 6.07) is 8.45. The maximum Gasteiger partial charge on any atom is 0.407 e. The van der Waals surface area contributed by atoms with Crippen molar-refractivity contribution in [1.82, 2.24) is 10.6 Å². The van der Waals surface area contributed by atoms with Crippen molar-refractivity contribution in [2.75, 3.05) is 13.1 Å². The molecule has 0 aliphatic carbocycles. The first-order valence-corrected chi connectivity index (χ1v) is 9.69. The van der Waals surface area contributed by atoms with E-state index in [1.165, 1.54) is 0 Å². The standard InChI is InChI=1S/C20H31N3O5/c21-13-7-2-5-12-18(24)23-17(19(25)26)11-6-8-14-22-20(27)28-15-16-9-3-1-4-10-16/h1,3-4,9-10,17H,2,5-8,11-15,21H2,(H,22,27)(H,23,24)(H,25,26)/t17-/m0/s1. The molecule has 0 heterocycles. The van der Waals surface area contributed by atoms with Gasteiger partial charge in [0, 0.05) is 13.0 Å². The molecule has 0 aliphatic rings. The van der Waals surface area contributed by atoms with Crippen LogP contribution in [0.4, 0.5) is 4.79 Å². The average molecular weight is 393 g/mol. The van der Waals surface area contributed by atoms with Crippen LogP contribution in [0, 0.1) is 0 Å². The van der Waals surface area contributed by atoms with Gasteiger partial charge in [0.2, 0.25) is 5.91 Å². The Balaban J connectivity index is 2.14. The van der Waals surface area contributed by atoms with Crippen molar-refractivity contribution in [3.05, 3.63) is 35.9 Å². The number of carboxylic acid groups (broad SMARTS) is 1. The van der Waals surface area contributed by atoms with Crippen molar-refractivity contribution in [3.63, 3.8) is 0 Å². The van der Waals surface area contributed by atoms with Gasteiger partial charge in [-0.1, -0.05) is 36.8 Å². The molecule has 0 unspecified atom stereocenters. The minimum absolute atomic E-state index is 0.199. The second kappa shape index (κ2) is 14.4. The van der Waals surface area contributed by atoms with Gasteiger partial charge in [-0.15, -0.1) is 0 Å². The third kappa shape index (κ3) is 11.2. The van der Waals surface area contributed by atoms with Crippen molar-refractivity contribution in [2.24, 2.45) is 5.73 Å². The lowest BCUT2D eigenvalue weighted by Crippen LogP contribution is -2.40. The number of nitrogens with one attached hydrogen (secondary N) is 2.